The molecule has 0 saturated carbocycles. The Bertz CT molecular complexity index is 4710. The fourth-order valence-corrected chi connectivity index (χ4v) is 13.2. The van der Waals surface area contributed by atoms with Crippen molar-refractivity contribution in [2.75, 3.05) is 9.80 Å². The SMILES string of the molecule is [C-]#[N+]c1ccc(-c2cc(-c3ccc(C#N)cc3[N+]#[C-])ccc2-n2c3ccccc3c3cc(-c4cc5c6c(c4)N(c4cc(C(C)(C)C)cc(C(C)(C)C)c4)c4ccccc4B6c4ccccc4N5c4cc(C(C)(C)C)cc(C(C)(C)C)c4)ccc32)c(C#N)c1. The van der Waals surface area contributed by atoms with Crippen molar-refractivity contribution in [3.63, 3.8) is 0 Å². The van der Waals surface area contributed by atoms with E-state index < -0.39 is 0 Å². The van der Waals surface area contributed by atoms with E-state index in [4.69, 9.17) is 13.1 Å². The van der Waals surface area contributed by atoms with Crippen LogP contribution in [0.1, 0.15) is 116 Å². The molecule has 13 rings (SSSR count). The Morgan fingerprint density at radius 1 is 0.398 bits per heavy atom. The number of nitriles is 2. The van der Waals surface area contributed by atoms with E-state index in [9.17, 15) is 10.5 Å². The molecule has 0 fully saturated rings. The fraction of sp³-hybridized carbons (Fsp3) is 0.200. The maximum atomic E-state index is 10.8. The molecule has 0 spiro atoms. The largest absolute Gasteiger partial charge is 0.311 e. The third kappa shape index (κ3) is 9.49. The molecule has 2 aliphatic rings. The first-order valence-electron chi connectivity index (χ1n) is 30.3. The topological polar surface area (TPSA) is 67.7 Å². The van der Waals surface area contributed by atoms with Crippen LogP contribution in [0.25, 0.3) is 70.6 Å². The van der Waals surface area contributed by atoms with Crippen molar-refractivity contribution >= 4 is 90.4 Å². The van der Waals surface area contributed by atoms with Gasteiger partial charge in [0.25, 0.3) is 6.71 Å². The molecule has 10 aromatic carbocycles. The molecule has 426 valence electrons. The molecule has 0 radical (unpaired) electrons. The molecule has 0 amide bonds. The summed E-state index contributed by atoms with van der Waals surface area (Å²) in [6, 6.07) is 74.1. The van der Waals surface area contributed by atoms with E-state index in [1.807, 2.05) is 24.3 Å². The second kappa shape index (κ2) is 20.7. The van der Waals surface area contributed by atoms with E-state index in [0.717, 1.165) is 83.9 Å². The lowest BCUT2D eigenvalue weighted by Gasteiger charge is -2.45. The highest BCUT2D eigenvalue weighted by Crippen LogP contribution is 2.50. The van der Waals surface area contributed by atoms with Crippen LogP contribution in [0.4, 0.5) is 45.5 Å². The Labute approximate surface area is 518 Å². The highest BCUT2D eigenvalue weighted by molar-refractivity contribution is 7.00. The van der Waals surface area contributed by atoms with E-state index in [-0.39, 0.29) is 28.4 Å². The van der Waals surface area contributed by atoms with E-state index in [1.54, 1.807) is 24.3 Å². The Kier molecular flexibility index (Phi) is 13.3. The van der Waals surface area contributed by atoms with Gasteiger partial charge in [0.1, 0.15) is 0 Å². The molecule has 0 bridgehead atoms. The first kappa shape index (κ1) is 56.7. The van der Waals surface area contributed by atoms with Gasteiger partial charge in [0.15, 0.2) is 11.4 Å². The zero-order valence-electron chi connectivity index (χ0n) is 52.2. The molecular weight excluding hydrogens is 1070 g/mol. The predicted octanol–water partition coefficient (Wildman–Crippen LogP) is 19.9. The molecule has 2 aliphatic heterocycles. The number of aromatic nitrogens is 1. The molecule has 0 unspecified atom stereocenters. The summed E-state index contributed by atoms with van der Waals surface area (Å²) in [5.74, 6) is 0. The van der Waals surface area contributed by atoms with Gasteiger partial charge in [-0.25, -0.2) is 9.69 Å². The van der Waals surface area contributed by atoms with E-state index >= 15 is 0 Å². The maximum absolute atomic E-state index is 10.8. The van der Waals surface area contributed by atoms with E-state index in [2.05, 4.69) is 265 Å². The van der Waals surface area contributed by atoms with E-state index in [1.165, 1.54) is 38.6 Å². The van der Waals surface area contributed by atoms with Crippen LogP contribution in [0.15, 0.2) is 194 Å². The number of benzene rings is 10. The molecule has 11 aromatic rings. The van der Waals surface area contributed by atoms with Crippen molar-refractivity contribution in [2.45, 2.75) is 105 Å². The average Bonchev–Trinajstić information content (AvgIpc) is 0.779. The number of rotatable bonds is 6. The lowest BCUT2D eigenvalue weighted by atomic mass is 9.33. The van der Waals surface area contributed by atoms with Gasteiger partial charge < -0.3 is 14.4 Å². The molecule has 3 heterocycles. The summed E-state index contributed by atoms with van der Waals surface area (Å²) < 4.78 is 2.29. The monoisotopic (exact) mass is 1140 g/mol. The third-order valence-corrected chi connectivity index (χ3v) is 18.0. The lowest BCUT2D eigenvalue weighted by molar-refractivity contribution is 0.568. The van der Waals surface area contributed by atoms with Crippen molar-refractivity contribution in [1.29, 1.82) is 10.5 Å². The van der Waals surface area contributed by atoms with Crippen LogP contribution >= 0.6 is 0 Å². The molecule has 8 heteroatoms. The Morgan fingerprint density at radius 2 is 0.920 bits per heavy atom. The number of para-hydroxylation sites is 3. The molecular formula is C80H68BN7. The summed E-state index contributed by atoms with van der Waals surface area (Å²) in [7, 11) is 0. The highest BCUT2D eigenvalue weighted by Gasteiger charge is 2.44. The summed E-state index contributed by atoms with van der Waals surface area (Å²) in [5.41, 5.74) is 24.6. The molecule has 1 aromatic heterocycles. The maximum Gasteiger partial charge on any atom is 0.252 e. The van der Waals surface area contributed by atoms with Gasteiger partial charge in [-0.1, -0.05) is 180 Å². The zero-order chi connectivity index (χ0) is 61.9. The molecule has 0 N–H and O–H groups in total. The van der Waals surface area contributed by atoms with Gasteiger partial charge in [-0.15, -0.1) is 0 Å². The minimum Gasteiger partial charge on any atom is -0.311 e. The summed E-state index contributed by atoms with van der Waals surface area (Å²) in [4.78, 5) is 12.7. The fourth-order valence-electron chi connectivity index (χ4n) is 13.2. The van der Waals surface area contributed by atoms with Gasteiger partial charge in [0.05, 0.1) is 42.0 Å². The second-order valence-corrected chi connectivity index (χ2v) is 27.9. The van der Waals surface area contributed by atoms with Crippen molar-refractivity contribution in [2.24, 2.45) is 0 Å². The summed E-state index contributed by atoms with van der Waals surface area (Å²) in [5, 5.41) is 22.7. The number of hydrogen-bond acceptors (Lipinski definition) is 4. The minimum atomic E-state index is -0.126. The van der Waals surface area contributed by atoms with Gasteiger partial charge >= 0.3 is 0 Å². The molecule has 88 heavy (non-hydrogen) atoms. The van der Waals surface area contributed by atoms with Crippen molar-refractivity contribution in [3.05, 3.63) is 250 Å². The normalized spacial score (nSPS) is 12.9. The van der Waals surface area contributed by atoms with Crippen LogP contribution in [0, 0.1) is 35.8 Å². The first-order valence-corrected chi connectivity index (χ1v) is 30.3. The Balaban J connectivity index is 1.11. The van der Waals surface area contributed by atoms with Crippen LogP contribution in [0.3, 0.4) is 0 Å². The number of hydrogen-bond donors (Lipinski definition) is 0. The standard InChI is InChI=1S/C80H68BN7/c1-77(2,3)54-41-55(78(4,5)6)44-59(43-54)86-72-25-19-16-22-66(72)81-67-23-17-20-26-73(67)87(60-45-56(79(7,8)9)42-57(46-60)80(10,11)12)75-40-52(39-74(86)76(75)81)50-28-33-71-65(37-50)63-21-15-18-24-69(63)88(71)70-34-29-51(62-31-27-49(47-82)35-68(62)85-14)38-64(70)61-32-30-58(84-13)36-53(61)48-83/h15-46H,1-12H3. The zero-order valence-corrected chi connectivity index (χ0v) is 52.2. The molecule has 0 saturated heterocycles. The van der Waals surface area contributed by atoms with Crippen LogP contribution in [-0.4, -0.2) is 11.3 Å². The highest BCUT2D eigenvalue weighted by atomic mass is 15.2. The summed E-state index contributed by atoms with van der Waals surface area (Å²) in [6.45, 7) is 43.7. The number of fused-ring (bicyclic) bond motifs is 7. The second-order valence-electron chi connectivity index (χ2n) is 27.9. The van der Waals surface area contributed by atoms with E-state index in [0.29, 0.717) is 33.6 Å². The van der Waals surface area contributed by atoms with Crippen LogP contribution in [0.5, 0.6) is 0 Å². The Hall–Kier alpha value is -10.4. The van der Waals surface area contributed by atoms with Crippen LogP contribution < -0.4 is 26.2 Å². The van der Waals surface area contributed by atoms with Gasteiger partial charge in [0, 0.05) is 61.6 Å². The van der Waals surface area contributed by atoms with Crippen molar-refractivity contribution in [3.8, 4) is 51.2 Å². The van der Waals surface area contributed by atoms with Crippen LogP contribution in [0.2, 0.25) is 0 Å². The van der Waals surface area contributed by atoms with Gasteiger partial charge in [0.2, 0.25) is 0 Å². The number of nitrogens with zero attached hydrogens (tertiary/aromatic N) is 7. The summed E-state index contributed by atoms with van der Waals surface area (Å²) >= 11 is 0. The predicted molar refractivity (Wildman–Crippen MR) is 368 cm³/mol. The van der Waals surface area contributed by atoms with Crippen molar-refractivity contribution < 1.29 is 0 Å². The summed E-state index contributed by atoms with van der Waals surface area (Å²) in [6.07, 6.45) is 0. The minimum absolute atomic E-state index is 0.0650. The average molecular weight is 1140 g/mol. The third-order valence-electron chi connectivity index (χ3n) is 18.0. The number of anilines is 6. The van der Waals surface area contributed by atoms with Gasteiger partial charge in [-0.05, 0) is 185 Å². The molecule has 0 atom stereocenters. The quantitative estimate of drug-likeness (QED) is 0.123. The lowest BCUT2D eigenvalue weighted by Crippen LogP contribution is -2.61. The Morgan fingerprint density at radius 3 is 1.45 bits per heavy atom. The van der Waals surface area contributed by atoms with Gasteiger partial charge in [-0.3, -0.25) is 0 Å². The molecule has 7 nitrogen and oxygen atoms in total. The van der Waals surface area contributed by atoms with Crippen LogP contribution in [-0.2, 0) is 21.7 Å². The van der Waals surface area contributed by atoms with Gasteiger partial charge in [-0.2, -0.15) is 10.5 Å². The van der Waals surface area contributed by atoms with Crippen molar-refractivity contribution in [1.82, 2.24) is 4.57 Å². The smallest absolute Gasteiger partial charge is 0.252 e. The molecule has 0 aliphatic carbocycles. The first-order chi connectivity index (χ1) is 42.0.